The zero-order valence-corrected chi connectivity index (χ0v) is 13.7. The molecule has 2 amide bonds. The summed E-state index contributed by atoms with van der Waals surface area (Å²) in [5, 5.41) is 4.52. The molecule has 3 rings (SSSR count). The standard InChI is InChI=1S/C16H17N3O3S/c1-10-7-11(22-14-5-6-19(2)16(14)21)3-4-12(10)18-15(20)13-8-23-9-17-13/h3-4,7-9,14H,5-6H2,1-2H3,(H,18,20). The van der Waals surface area contributed by atoms with Gasteiger partial charge in [0.15, 0.2) is 6.10 Å². The van der Waals surface area contributed by atoms with Crippen LogP contribution in [0.2, 0.25) is 0 Å². The van der Waals surface area contributed by atoms with Crippen LogP contribution in [0.5, 0.6) is 5.75 Å². The van der Waals surface area contributed by atoms with Crippen LogP contribution in [0.15, 0.2) is 29.1 Å². The molecule has 120 valence electrons. The number of carbonyl (C=O) groups excluding carboxylic acids is 2. The lowest BCUT2D eigenvalue weighted by atomic mass is 10.2. The van der Waals surface area contributed by atoms with Gasteiger partial charge in [0.2, 0.25) is 0 Å². The van der Waals surface area contributed by atoms with E-state index in [9.17, 15) is 9.59 Å². The number of amides is 2. The van der Waals surface area contributed by atoms with Crippen molar-refractivity contribution in [1.29, 1.82) is 0 Å². The van der Waals surface area contributed by atoms with E-state index < -0.39 is 6.10 Å². The van der Waals surface area contributed by atoms with E-state index in [1.165, 1.54) is 11.3 Å². The van der Waals surface area contributed by atoms with E-state index in [0.29, 0.717) is 30.1 Å². The first-order chi connectivity index (χ1) is 11.0. The second-order valence-corrected chi connectivity index (χ2v) is 6.18. The number of hydrogen-bond acceptors (Lipinski definition) is 5. The van der Waals surface area contributed by atoms with Crippen LogP contribution in [-0.4, -0.2) is 41.4 Å². The van der Waals surface area contributed by atoms with Crippen LogP contribution in [0.1, 0.15) is 22.5 Å². The summed E-state index contributed by atoms with van der Waals surface area (Å²) in [5.41, 5.74) is 3.58. The fourth-order valence-electron chi connectivity index (χ4n) is 2.42. The van der Waals surface area contributed by atoms with Crippen molar-refractivity contribution in [2.45, 2.75) is 19.4 Å². The Morgan fingerprint density at radius 1 is 1.48 bits per heavy atom. The third kappa shape index (κ3) is 3.34. The van der Waals surface area contributed by atoms with Crippen molar-refractivity contribution in [3.05, 3.63) is 40.3 Å². The number of benzene rings is 1. The normalized spacial score (nSPS) is 17.4. The maximum atomic E-state index is 12.0. The van der Waals surface area contributed by atoms with Crippen molar-refractivity contribution in [1.82, 2.24) is 9.88 Å². The van der Waals surface area contributed by atoms with Crippen LogP contribution < -0.4 is 10.1 Å². The average Bonchev–Trinajstić information content (AvgIpc) is 3.16. The van der Waals surface area contributed by atoms with Crippen LogP contribution in [0.4, 0.5) is 5.69 Å². The first-order valence-electron chi connectivity index (χ1n) is 7.26. The molecule has 0 radical (unpaired) electrons. The van der Waals surface area contributed by atoms with Crippen LogP contribution in [-0.2, 0) is 4.79 Å². The van der Waals surface area contributed by atoms with Gasteiger partial charge in [0.05, 0.1) is 5.51 Å². The molecule has 1 N–H and O–H groups in total. The molecule has 2 heterocycles. The van der Waals surface area contributed by atoms with E-state index in [2.05, 4.69) is 10.3 Å². The minimum atomic E-state index is -0.421. The molecule has 0 aliphatic carbocycles. The highest BCUT2D eigenvalue weighted by atomic mass is 32.1. The minimum Gasteiger partial charge on any atom is -0.481 e. The number of rotatable bonds is 4. The number of nitrogens with one attached hydrogen (secondary N) is 1. The average molecular weight is 331 g/mol. The highest BCUT2D eigenvalue weighted by molar-refractivity contribution is 7.07. The molecule has 1 aliphatic heterocycles. The van der Waals surface area contributed by atoms with Crippen LogP contribution in [0, 0.1) is 6.92 Å². The molecule has 1 fully saturated rings. The van der Waals surface area contributed by atoms with E-state index in [-0.39, 0.29) is 11.8 Å². The Morgan fingerprint density at radius 2 is 2.30 bits per heavy atom. The quantitative estimate of drug-likeness (QED) is 0.933. The summed E-state index contributed by atoms with van der Waals surface area (Å²) < 4.78 is 5.76. The Bertz CT molecular complexity index is 730. The summed E-state index contributed by atoms with van der Waals surface area (Å²) in [7, 11) is 1.77. The molecule has 1 unspecified atom stereocenters. The number of carbonyl (C=O) groups is 2. The second kappa shape index (κ2) is 6.37. The van der Waals surface area contributed by atoms with Gasteiger partial charge < -0.3 is 15.0 Å². The van der Waals surface area contributed by atoms with Gasteiger partial charge in [-0.15, -0.1) is 11.3 Å². The number of likely N-dealkylation sites (tertiary alicyclic amines) is 1. The van der Waals surface area contributed by atoms with E-state index in [1.54, 1.807) is 35.0 Å². The van der Waals surface area contributed by atoms with Gasteiger partial charge >= 0.3 is 0 Å². The third-order valence-electron chi connectivity index (χ3n) is 3.77. The van der Waals surface area contributed by atoms with E-state index in [4.69, 9.17) is 4.74 Å². The molecule has 2 aromatic rings. The molecule has 1 saturated heterocycles. The largest absolute Gasteiger partial charge is 0.481 e. The summed E-state index contributed by atoms with van der Waals surface area (Å²) in [4.78, 5) is 29.5. The van der Waals surface area contributed by atoms with Crippen molar-refractivity contribution >= 4 is 28.8 Å². The summed E-state index contributed by atoms with van der Waals surface area (Å²) in [5.74, 6) is 0.391. The molecular weight excluding hydrogens is 314 g/mol. The van der Waals surface area contributed by atoms with Crippen LogP contribution in [0.25, 0.3) is 0 Å². The zero-order chi connectivity index (χ0) is 16.4. The maximum Gasteiger partial charge on any atom is 0.275 e. The predicted octanol–water partition coefficient (Wildman–Crippen LogP) is 2.31. The van der Waals surface area contributed by atoms with Crippen molar-refractivity contribution in [3.8, 4) is 5.75 Å². The van der Waals surface area contributed by atoms with Crippen molar-refractivity contribution in [2.24, 2.45) is 0 Å². The summed E-state index contributed by atoms with van der Waals surface area (Å²) >= 11 is 1.38. The predicted molar refractivity (Wildman–Crippen MR) is 87.9 cm³/mol. The minimum absolute atomic E-state index is 0.00330. The molecule has 1 aromatic carbocycles. The number of hydrogen-bond donors (Lipinski definition) is 1. The number of aryl methyl sites for hydroxylation is 1. The smallest absolute Gasteiger partial charge is 0.275 e. The number of aromatic nitrogens is 1. The number of anilines is 1. The van der Waals surface area contributed by atoms with Gasteiger partial charge in [-0.1, -0.05) is 0 Å². The van der Waals surface area contributed by atoms with Crippen molar-refractivity contribution in [2.75, 3.05) is 18.9 Å². The Morgan fingerprint density at radius 3 is 2.91 bits per heavy atom. The molecule has 0 spiro atoms. The molecule has 0 bridgehead atoms. The number of ether oxygens (including phenoxy) is 1. The van der Waals surface area contributed by atoms with E-state index in [0.717, 1.165) is 5.56 Å². The van der Waals surface area contributed by atoms with E-state index >= 15 is 0 Å². The Hall–Kier alpha value is -2.41. The summed E-state index contributed by atoms with van der Waals surface area (Å²) in [6, 6.07) is 5.36. The number of likely N-dealkylation sites (N-methyl/N-ethyl adjacent to an activating group) is 1. The molecule has 7 heteroatoms. The van der Waals surface area contributed by atoms with Gasteiger partial charge in [0.25, 0.3) is 11.8 Å². The molecule has 1 aromatic heterocycles. The van der Waals surface area contributed by atoms with Crippen molar-refractivity contribution < 1.29 is 14.3 Å². The SMILES string of the molecule is Cc1cc(OC2CCN(C)C2=O)ccc1NC(=O)c1cscn1. The maximum absolute atomic E-state index is 12.0. The van der Waals surface area contributed by atoms with Gasteiger partial charge in [-0.25, -0.2) is 4.98 Å². The fourth-order valence-corrected chi connectivity index (χ4v) is 2.96. The Kier molecular flexibility index (Phi) is 4.29. The highest BCUT2D eigenvalue weighted by Crippen LogP contribution is 2.24. The molecule has 6 nitrogen and oxygen atoms in total. The van der Waals surface area contributed by atoms with Gasteiger partial charge in [-0.05, 0) is 30.7 Å². The molecular formula is C16H17N3O3S. The Balaban J connectivity index is 1.68. The van der Waals surface area contributed by atoms with Gasteiger partial charge in [0.1, 0.15) is 11.4 Å². The van der Waals surface area contributed by atoms with E-state index in [1.807, 2.05) is 13.0 Å². The third-order valence-corrected chi connectivity index (χ3v) is 4.35. The second-order valence-electron chi connectivity index (χ2n) is 5.46. The fraction of sp³-hybridized carbons (Fsp3) is 0.312. The first-order valence-corrected chi connectivity index (χ1v) is 8.20. The van der Waals surface area contributed by atoms with Crippen LogP contribution in [0.3, 0.4) is 0 Å². The lowest BCUT2D eigenvalue weighted by Gasteiger charge is -2.15. The van der Waals surface area contributed by atoms with Gasteiger partial charge in [-0.3, -0.25) is 9.59 Å². The van der Waals surface area contributed by atoms with Gasteiger partial charge in [0, 0.05) is 31.1 Å². The molecule has 1 aliphatic rings. The Labute approximate surface area is 138 Å². The highest BCUT2D eigenvalue weighted by Gasteiger charge is 2.30. The number of nitrogens with zero attached hydrogens (tertiary/aromatic N) is 2. The molecule has 23 heavy (non-hydrogen) atoms. The molecule has 0 saturated carbocycles. The first kappa shape index (κ1) is 15.5. The monoisotopic (exact) mass is 331 g/mol. The number of thiazole rings is 1. The molecule has 1 atom stereocenters. The lowest BCUT2D eigenvalue weighted by Crippen LogP contribution is -2.29. The van der Waals surface area contributed by atoms with Crippen LogP contribution >= 0.6 is 11.3 Å². The lowest BCUT2D eigenvalue weighted by molar-refractivity contribution is -0.132. The topological polar surface area (TPSA) is 71.5 Å². The summed E-state index contributed by atoms with van der Waals surface area (Å²) in [6.45, 7) is 2.59. The zero-order valence-electron chi connectivity index (χ0n) is 12.9. The summed E-state index contributed by atoms with van der Waals surface area (Å²) in [6.07, 6.45) is 0.270. The van der Waals surface area contributed by atoms with Gasteiger partial charge in [-0.2, -0.15) is 0 Å². The van der Waals surface area contributed by atoms with Crippen molar-refractivity contribution in [3.63, 3.8) is 0 Å².